The van der Waals surface area contributed by atoms with Crippen molar-refractivity contribution in [1.29, 1.82) is 0 Å². The van der Waals surface area contributed by atoms with E-state index < -0.39 is 0 Å². The van der Waals surface area contributed by atoms with E-state index in [1.54, 1.807) is 0 Å². The zero-order valence-corrected chi connectivity index (χ0v) is 13.1. The number of benzene rings is 1. The van der Waals surface area contributed by atoms with Crippen LogP contribution >= 0.6 is 27.7 Å². The van der Waals surface area contributed by atoms with Crippen LogP contribution in [0.25, 0.3) is 0 Å². The molecule has 2 aromatic rings. The maximum Gasteiger partial charge on any atom is 0.0767 e. The van der Waals surface area contributed by atoms with Crippen LogP contribution in [0.2, 0.25) is 0 Å². The predicted molar refractivity (Wildman–Crippen MR) is 81.7 cm³/mol. The van der Waals surface area contributed by atoms with Gasteiger partial charge in [-0.3, -0.25) is 4.68 Å². The fourth-order valence-electron chi connectivity index (χ4n) is 1.82. The Morgan fingerprint density at radius 3 is 2.56 bits per heavy atom. The Bertz CT molecular complexity index is 508. The minimum atomic E-state index is 0.970. The molecule has 2 rings (SSSR count). The highest BCUT2D eigenvalue weighted by Crippen LogP contribution is 2.26. The van der Waals surface area contributed by atoms with Crippen molar-refractivity contribution in [2.24, 2.45) is 7.05 Å². The van der Waals surface area contributed by atoms with Gasteiger partial charge in [0, 0.05) is 18.6 Å². The van der Waals surface area contributed by atoms with Crippen molar-refractivity contribution in [2.45, 2.75) is 24.9 Å². The van der Waals surface area contributed by atoms with Gasteiger partial charge in [-0.25, -0.2) is 0 Å². The van der Waals surface area contributed by atoms with Crippen molar-refractivity contribution in [3.05, 3.63) is 51.8 Å². The largest absolute Gasteiger partial charge is 0.270 e. The van der Waals surface area contributed by atoms with E-state index in [0.29, 0.717) is 0 Å². The summed E-state index contributed by atoms with van der Waals surface area (Å²) < 4.78 is 3.16. The van der Waals surface area contributed by atoms with Crippen LogP contribution in [0.4, 0.5) is 0 Å². The number of aryl methyl sites for hydroxylation is 2. The molecule has 0 aliphatic heterocycles. The molecular weight excluding hydrogens is 308 g/mol. The van der Waals surface area contributed by atoms with Crippen LogP contribution in [0.15, 0.2) is 34.8 Å². The summed E-state index contributed by atoms with van der Waals surface area (Å²) in [7, 11) is 2.02. The Hall–Kier alpha value is -0.740. The molecule has 96 valence electrons. The van der Waals surface area contributed by atoms with Crippen LogP contribution in [0.5, 0.6) is 0 Å². The van der Waals surface area contributed by atoms with Gasteiger partial charge in [0.25, 0.3) is 0 Å². The minimum Gasteiger partial charge on any atom is -0.270 e. The second-order valence-electron chi connectivity index (χ2n) is 4.16. The molecule has 0 radical (unpaired) electrons. The highest BCUT2D eigenvalue weighted by atomic mass is 79.9. The van der Waals surface area contributed by atoms with Gasteiger partial charge < -0.3 is 0 Å². The summed E-state index contributed by atoms with van der Waals surface area (Å²) >= 11 is 5.57. The molecule has 0 fully saturated rings. The van der Waals surface area contributed by atoms with E-state index in [4.69, 9.17) is 0 Å². The molecule has 0 bridgehead atoms. The van der Waals surface area contributed by atoms with Crippen LogP contribution in [0.1, 0.15) is 23.9 Å². The molecule has 4 heteroatoms. The first-order valence-electron chi connectivity index (χ1n) is 6.04. The summed E-state index contributed by atoms with van der Waals surface area (Å²) in [5, 5.41) is 4.51. The summed E-state index contributed by atoms with van der Waals surface area (Å²) in [5.74, 6) is 2.03. The summed E-state index contributed by atoms with van der Waals surface area (Å²) in [4.78, 5) is 0. The maximum atomic E-state index is 4.51. The molecule has 0 spiro atoms. The Balaban J connectivity index is 1.96. The van der Waals surface area contributed by atoms with Crippen LogP contribution in [0, 0.1) is 0 Å². The van der Waals surface area contributed by atoms with E-state index in [-0.39, 0.29) is 0 Å². The van der Waals surface area contributed by atoms with Gasteiger partial charge >= 0.3 is 0 Å². The van der Waals surface area contributed by atoms with Gasteiger partial charge in [-0.2, -0.15) is 16.9 Å². The van der Waals surface area contributed by atoms with Gasteiger partial charge in [0.2, 0.25) is 0 Å². The smallest absolute Gasteiger partial charge is 0.0767 e. The lowest BCUT2D eigenvalue weighted by atomic mass is 10.2. The molecule has 2 nitrogen and oxygen atoms in total. The first-order chi connectivity index (χ1) is 8.72. The van der Waals surface area contributed by atoms with E-state index >= 15 is 0 Å². The number of aromatic nitrogens is 2. The van der Waals surface area contributed by atoms with Gasteiger partial charge in [-0.05, 0) is 27.9 Å². The van der Waals surface area contributed by atoms with Crippen molar-refractivity contribution >= 4 is 27.7 Å². The summed E-state index contributed by atoms with van der Waals surface area (Å²) in [5.41, 5.74) is 3.79. The molecule has 0 atom stereocenters. The average molecular weight is 325 g/mol. The number of rotatable bonds is 5. The lowest BCUT2D eigenvalue weighted by Gasteiger charge is -2.03. The third-order valence-corrected chi connectivity index (χ3v) is 4.78. The monoisotopic (exact) mass is 324 g/mol. The third kappa shape index (κ3) is 3.18. The molecule has 1 aromatic heterocycles. The van der Waals surface area contributed by atoms with E-state index in [2.05, 4.69) is 58.3 Å². The SMILES string of the molecule is CCc1nn(C)c(CSCc2ccccc2)c1Br. The number of hydrogen-bond acceptors (Lipinski definition) is 2. The van der Waals surface area contributed by atoms with Gasteiger partial charge in [0.15, 0.2) is 0 Å². The Kier molecular flexibility index (Phi) is 4.89. The minimum absolute atomic E-state index is 0.970. The fourth-order valence-corrected chi connectivity index (χ4v) is 3.81. The van der Waals surface area contributed by atoms with E-state index in [0.717, 1.165) is 23.6 Å². The second kappa shape index (κ2) is 6.43. The number of nitrogens with zero attached hydrogens (tertiary/aromatic N) is 2. The van der Waals surface area contributed by atoms with Crippen LogP contribution in [0.3, 0.4) is 0 Å². The first kappa shape index (κ1) is 13.7. The molecule has 0 N–H and O–H groups in total. The summed E-state index contributed by atoms with van der Waals surface area (Å²) in [6, 6.07) is 10.6. The molecule has 1 aromatic carbocycles. The molecule has 0 unspecified atom stereocenters. The van der Waals surface area contributed by atoms with E-state index in [1.165, 1.54) is 15.7 Å². The quantitative estimate of drug-likeness (QED) is 0.821. The number of hydrogen-bond donors (Lipinski definition) is 0. The lowest BCUT2D eigenvalue weighted by Crippen LogP contribution is -1.97. The molecular formula is C14H17BrN2S. The van der Waals surface area contributed by atoms with E-state index in [9.17, 15) is 0 Å². The molecule has 18 heavy (non-hydrogen) atoms. The average Bonchev–Trinajstić information content (AvgIpc) is 2.67. The van der Waals surface area contributed by atoms with Crippen LogP contribution in [-0.2, 0) is 25.0 Å². The zero-order chi connectivity index (χ0) is 13.0. The Morgan fingerprint density at radius 1 is 1.22 bits per heavy atom. The summed E-state index contributed by atoms with van der Waals surface area (Å²) in [6.07, 6.45) is 0.970. The van der Waals surface area contributed by atoms with Gasteiger partial charge in [-0.15, -0.1) is 0 Å². The molecule has 0 saturated heterocycles. The molecule has 0 aliphatic rings. The first-order valence-corrected chi connectivity index (χ1v) is 7.99. The topological polar surface area (TPSA) is 17.8 Å². The Morgan fingerprint density at radius 2 is 1.94 bits per heavy atom. The number of halogens is 1. The second-order valence-corrected chi connectivity index (χ2v) is 5.94. The highest BCUT2D eigenvalue weighted by molar-refractivity contribution is 9.10. The molecule has 0 saturated carbocycles. The summed E-state index contributed by atoms with van der Waals surface area (Å²) in [6.45, 7) is 2.13. The molecule has 0 amide bonds. The van der Waals surface area contributed by atoms with Crippen molar-refractivity contribution in [3.63, 3.8) is 0 Å². The van der Waals surface area contributed by atoms with E-state index in [1.807, 2.05) is 23.5 Å². The van der Waals surface area contributed by atoms with Crippen LogP contribution < -0.4 is 0 Å². The molecule has 1 heterocycles. The van der Waals surface area contributed by atoms with Crippen molar-refractivity contribution < 1.29 is 0 Å². The van der Waals surface area contributed by atoms with Crippen molar-refractivity contribution in [2.75, 3.05) is 0 Å². The van der Waals surface area contributed by atoms with Gasteiger partial charge in [-0.1, -0.05) is 37.3 Å². The van der Waals surface area contributed by atoms with Crippen molar-refractivity contribution in [3.8, 4) is 0 Å². The molecule has 0 aliphatic carbocycles. The normalized spacial score (nSPS) is 10.8. The van der Waals surface area contributed by atoms with Gasteiger partial charge in [0.05, 0.1) is 15.9 Å². The fraction of sp³-hybridized carbons (Fsp3) is 0.357. The zero-order valence-electron chi connectivity index (χ0n) is 10.7. The van der Waals surface area contributed by atoms with Crippen molar-refractivity contribution in [1.82, 2.24) is 9.78 Å². The van der Waals surface area contributed by atoms with Gasteiger partial charge in [0.1, 0.15) is 0 Å². The third-order valence-electron chi connectivity index (χ3n) is 2.85. The Labute approximate surface area is 121 Å². The van der Waals surface area contributed by atoms with Crippen LogP contribution in [-0.4, -0.2) is 9.78 Å². The lowest BCUT2D eigenvalue weighted by molar-refractivity contribution is 0.719. The highest BCUT2D eigenvalue weighted by Gasteiger charge is 2.11. The number of thioether (sulfide) groups is 1. The maximum absolute atomic E-state index is 4.51. The predicted octanol–water partition coefficient (Wildman–Crippen LogP) is 4.18. The standard InChI is InChI=1S/C14H17BrN2S/c1-3-12-14(15)13(17(2)16-12)10-18-9-11-7-5-4-6-8-11/h4-8H,3,9-10H2,1-2H3.